The fourth-order valence-electron chi connectivity index (χ4n) is 3.38. The number of esters is 1. The molecule has 1 aromatic carbocycles. The second-order valence-electron chi connectivity index (χ2n) is 7.54. The third-order valence-electron chi connectivity index (χ3n) is 5.28. The molecular formula is C21H27N3O5. The van der Waals surface area contributed by atoms with E-state index in [1.807, 2.05) is 0 Å². The van der Waals surface area contributed by atoms with Crippen molar-refractivity contribution in [1.29, 1.82) is 0 Å². The number of carbonyl (C=O) groups is 2. The average molecular weight is 401 g/mol. The lowest BCUT2D eigenvalue weighted by molar-refractivity contribution is -0.136. The molecule has 2 aromatic rings. The Morgan fingerprint density at radius 3 is 2.48 bits per heavy atom. The fourth-order valence-corrected chi connectivity index (χ4v) is 3.38. The van der Waals surface area contributed by atoms with Gasteiger partial charge in [0.15, 0.2) is 13.2 Å². The molecule has 156 valence electrons. The topological polar surface area (TPSA) is 94.8 Å². The van der Waals surface area contributed by atoms with Gasteiger partial charge in [-0.25, -0.2) is 4.79 Å². The van der Waals surface area contributed by atoms with Gasteiger partial charge in [0.25, 0.3) is 5.91 Å². The van der Waals surface area contributed by atoms with Crippen LogP contribution in [-0.2, 0) is 16.1 Å². The van der Waals surface area contributed by atoms with Crippen LogP contribution in [0.25, 0.3) is 0 Å². The van der Waals surface area contributed by atoms with Crippen LogP contribution < -0.4 is 4.74 Å². The first-order chi connectivity index (χ1) is 13.9. The Morgan fingerprint density at radius 1 is 1.17 bits per heavy atom. The molecule has 0 radical (unpaired) electrons. The molecular weight excluding hydrogens is 374 g/mol. The van der Waals surface area contributed by atoms with Gasteiger partial charge in [0, 0.05) is 20.0 Å². The minimum atomic E-state index is -0.538. The number of nitrogens with zero attached hydrogens (tertiary/aromatic N) is 3. The van der Waals surface area contributed by atoms with Crippen LogP contribution in [-0.4, -0.2) is 46.6 Å². The molecule has 0 N–H and O–H groups in total. The van der Waals surface area contributed by atoms with Gasteiger partial charge in [0.2, 0.25) is 11.7 Å². The summed E-state index contributed by atoms with van der Waals surface area (Å²) < 4.78 is 15.6. The lowest BCUT2D eigenvalue weighted by Crippen LogP contribution is -2.41. The minimum Gasteiger partial charge on any atom is -0.485 e. The standard InChI is InChI=1S/C21H27N3O5/c1-14-4-8-17(9-5-14)24(3)20(25)13-28-21(26)16-6-10-18(11-7-16)27-12-19-22-15(2)29-23-19/h6-7,10-11,14,17H,4-5,8-9,12-13H2,1-3H3. The number of hydrogen-bond acceptors (Lipinski definition) is 7. The summed E-state index contributed by atoms with van der Waals surface area (Å²) in [5.41, 5.74) is 0.356. The van der Waals surface area contributed by atoms with E-state index in [0.29, 0.717) is 23.0 Å². The molecule has 8 nitrogen and oxygen atoms in total. The molecule has 8 heteroatoms. The number of carbonyl (C=O) groups excluding carboxylic acids is 2. The highest BCUT2D eigenvalue weighted by Gasteiger charge is 2.25. The SMILES string of the molecule is Cc1nc(COc2ccc(C(=O)OCC(=O)N(C)C3CCC(C)CC3)cc2)no1. The number of likely N-dealkylation sites (N-methyl/N-ethyl adjacent to an activating group) is 1. The van der Waals surface area contributed by atoms with Crippen molar-refractivity contribution in [2.75, 3.05) is 13.7 Å². The fraction of sp³-hybridized carbons (Fsp3) is 0.524. The third kappa shape index (κ3) is 5.79. The van der Waals surface area contributed by atoms with Gasteiger partial charge in [0.1, 0.15) is 5.75 Å². The van der Waals surface area contributed by atoms with Gasteiger partial charge in [-0.05, 0) is 55.9 Å². The Bertz CT molecular complexity index is 825. The second kappa shape index (κ2) is 9.54. The average Bonchev–Trinajstić information content (AvgIpc) is 3.15. The summed E-state index contributed by atoms with van der Waals surface area (Å²) in [6.45, 7) is 3.86. The molecule has 1 heterocycles. The summed E-state index contributed by atoms with van der Waals surface area (Å²) in [6.07, 6.45) is 4.26. The van der Waals surface area contributed by atoms with Gasteiger partial charge in [0.05, 0.1) is 5.56 Å². The van der Waals surface area contributed by atoms with Crippen LogP contribution in [0.15, 0.2) is 28.8 Å². The van der Waals surface area contributed by atoms with E-state index in [4.69, 9.17) is 14.0 Å². The van der Waals surface area contributed by atoms with Crippen LogP contribution in [0.1, 0.15) is 54.7 Å². The Balaban J connectivity index is 1.44. The van der Waals surface area contributed by atoms with Gasteiger partial charge in [-0.2, -0.15) is 4.98 Å². The van der Waals surface area contributed by atoms with Crippen LogP contribution in [0.2, 0.25) is 0 Å². The molecule has 1 fully saturated rings. The molecule has 0 saturated heterocycles. The summed E-state index contributed by atoms with van der Waals surface area (Å²) in [5, 5.41) is 3.75. The smallest absolute Gasteiger partial charge is 0.338 e. The molecule has 1 saturated carbocycles. The zero-order valence-corrected chi connectivity index (χ0v) is 17.1. The van der Waals surface area contributed by atoms with Gasteiger partial charge < -0.3 is 18.9 Å². The largest absolute Gasteiger partial charge is 0.485 e. The summed E-state index contributed by atoms with van der Waals surface area (Å²) in [6, 6.07) is 6.73. The van der Waals surface area contributed by atoms with Crippen molar-refractivity contribution < 1.29 is 23.6 Å². The highest BCUT2D eigenvalue weighted by Crippen LogP contribution is 2.26. The predicted molar refractivity (Wildman–Crippen MR) is 104 cm³/mol. The molecule has 0 bridgehead atoms. The van der Waals surface area contributed by atoms with E-state index in [-0.39, 0.29) is 25.2 Å². The zero-order chi connectivity index (χ0) is 20.8. The molecule has 0 unspecified atom stereocenters. The second-order valence-corrected chi connectivity index (χ2v) is 7.54. The molecule has 1 amide bonds. The van der Waals surface area contributed by atoms with Crippen molar-refractivity contribution in [3.8, 4) is 5.75 Å². The number of aryl methyl sites for hydroxylation is 1. The van der Waals surface area contributed by atoms with Crippen molar-refractivity contribution in [2.24, 2.45) is 5.92 Å². The Hall–Kier alpha value is -2.90. The van der Waals surface area contributed by atoms with E-state index in [1.54, 1.807) is 43.1 Å². The first-order valence-corrected chi connectivity index (χ1v) is 9.87. The number of aromatic nitrogens is 2. The summed E-state index contributed by atoms with van der Waals surface area (Å²) in [7, 11) is 1.79. The molecule has 0 atom stereocenters. The number of benzene rings is 1. The lowest BCUT2D eigenvalue weighted by atomic mass is 9.87. The van der Waals surface area contributed by atoms with Crippen molar-refractivity contribution in [1.82, 2.24) is 15.0 Å². The molecule has 1 aliphatic rings. The maximum Gasteiger partial charge on any atom is 0.338 e. The zero-order valence-electron chi connectivity index (χ0n) is 17.1. The van der Waals surface area contributed by atoms with Crippen LogP contribution in [0.3, 0.4) is 0 Å². The minimum absolute atomic E-state index is 0.169. The van der Waals surface area contributed by atoms with E-state index in [1.165, 1.54) is 0 Å². The Labute approximate surface area is 170 Å². The number of hydrogen-bond donors (Lipinski definition) is 0. The summed E-state index contributed by atoms with van der Waals surface area (Å²) in [4.78, 5) is 30.3. The normalized spacial score (nSPS) is 18.9. The molecule has 0 spiro atoms. The number of ether oxygens (including phenoxy) is 2. The third-order valence-corrected chi connectivity index (χ3v) is 5.28. The molecule has 29 heavy (non-hydrogen) atoms. The summed E-state index contributed by atoms with van der Waals surface area (Å²) >= 11 is 0. The molecule has 1 aromatic heterocycles. The lowest BCUT2D eigenvalue weighted by Gasteiger charge is -2.33. The quantitative estimate of drug-likeness (QED) is 0.658. The van der Waals surface area contributed by atoms with Crippen molar-refractivity contribution in [3.63, 3.8) is 0 Å². The Morgan fingerprint density at radius 2 is 1.86 bits per heavy atom. The first-order valence-electron chi connectivity index (χ1n) is 9.87. The Kier molecular flexibility index (Phi) is 6.85. The monoisotopic (exact) mass is 401 g/mol. The maximum absolute atomic E-state index is 12.3. The van der Waals surface area contributed by atoms with Crippen molar-refractivity contribution in [3.05, 3.63) is 41.5 Å². The molecule has 3 rings (SSSR count). The maximum atomic E-state index is 12.3. The predicted octanol–water partition coefficient (Wildman–Crippen LogP) is 3.15. The summed E-state index contributed by atoms with van der Waals surface area (Å²) in [5.74, 6) is 1.49. The van der Waals surface area contributed by atoms with Crippen molar-refractivity contribution in [2.45, 2.75) is 52.2 Å². The van der Waals surface area contributed by atoms with Gasteiger partial charge >= 0.3 is 5.97 Å². The highest BCUT2D eigenvalue weighted by molar-refractivity contribution is 5.91. The van der Waals surface area contributed by atoms with Crippen molar-refractivity contribution >= 4 is 11.9 Å². The first kappa shape index (κ1) is 20.8. The van der Waals surface area contributed by atoms with Crippen LogP contribution in [0.5, 0.6) is 5.75 Å². The van der Waals surface area contributed by atoms with Gasteiger partial charge in [-0.3, -0.25) is 4.79 Å². The van der Waals surface area contributed by atoms with Crippen LogP contribution in [0.4, 0.5) is 0 Å². The highest BCUT2D eigenvalue weighted by atomic mass is 16.5. The van der Waals surface area contributed by atoms with E-state index in [2.05, 4.69) is 17.1 Å². The van der Waals surface area contributed by atoms with Crippen LogP contribution in [0, 0.1) is 12.8 Å². The van der Waals surface area contributed by atoms with E-state index in [9.17, 15) is 9.59 Å². The van der Waals surface area contributed by atoms with E-state index < -0.39 is 5.97 Å². The van der Waals surface area contributed by atoms with Crippen LogP contribution >= 0.6 is 0 Å². The number of rotatable bonds is 7. The van der Waals surface area contributed by atoms with Gasteiger partial charge in [-0.1, -0.05) is 12.1 Å². The molecule has 0 aliphatic heterocycles. The van der Waals surface area contributed by atoms with Gasteiger partial charge in [-0.15, -0.1) is 0 Å². The molecule has 1 aliphatic carbocycles. The van der Waals surface area contributed by atoms with E-state index >= 15 is 0 Å². The number of amides is 1. The van der Waals surface area contributed by atoms with E-state index in [0.717, 1.165) is 31.6 Å².